The van der Waals surface area contributed by atoms with Gasteiger partial charge in [-0.15, -0.1) is 11.3 Å². The van der Waals surface area contributed by atoms with Crippen LogP contribution >= 0.6 is 43.2 Å². The summed E-state index contributed by atoms with van der Waals surface area (Å²) >= 11 is 8.86. The Hall–Kier alpha value is -0.360. The molecule has 0 fully saturated rings. The maximum absolute atomic E-state index is 5.29. The van der Waals surface area contributed by atoms with Gasteiger partial charge in [0.15, 0.2) is 0 Å². The molecule has 0 saturated heterocycles. The number of benzene rings is 1. The van der Waals surface area contributed by atoms with Crippen LogP contribution in [0.15, 0.2) is 38.6 Å². The van der Waals surface area contributed by atoms with Gasteiger partial charge in [0.2, 0.25) is 0 Å². The molecule has 0 radical (unpaired) electrons. The molecule has 0 aliphatic rings. The van der Waals surface area contributed by atoms with Gasteiger partial charge in [0.25, 0.3) is 0 Å². The zero-order chi connectivity index (χ0) is 14.5. The molecule has 1 aromatic heterocycles. The van der Waals surface area contributed by atoms with Crippen LogP contribution < -0.4 is 10.1 Å². The Bertz CT molecular complexity index is 571. The number of hydrogen-bond acceptors (Lipinski definition) is 3. The van der Waals surface area contributed by atoms with Crippen molar-refractivity contribution in [1.29, 1.82) is 0 Å². The molecule has 1 heterocycles. The highest BCUT2D eigenvalue weighted by molar-refractivity contribution is 9.10. The lowest BCUT2D eigenvalue weighted by molar-refractivity contribution is 0.411. The van der Waals surface area contributed by atoms with Crippen molar-refractivity contribution in [3.05, 3.63) is 49.0 Å². The Morgan fingerprint density at radius 2 is 2.10 bits per heavy atom. The second-order valence-corrected chi connectivity index (χ2v) is 7.21. The number of halogens is 2. The Kier molecular flexibility index (Phi) is 6.08. The zero-order valence-electron chi connectivity index (χ0n) is 11.5. The first-order valence-corrected chi connectivity index (χ1v) is 8.90. The first-order valence-electron chi connectivity index (χ1n) is 6.43. The van der Waals surface area contributed by atoms with Gasteiger partial charge in [0.1, 0.15) is 5.75 Å². The normalized spacial score (nSPS) is 12.4. The standard InChI is InChI=1S/C15H17Br2NOS/c1-3-18-14(8-12-7-11(16)9-20-12)10-4-5-15(19-2)13(17)6-10/h4-7,9,14,18H,3,8H2,1-2H3. The molecule has 1 N–H and O–H groups in total. The van der Waals surface area contributed by atoms with Crippen LogP contribution in [-0.2, 0) is 6.42 Å². The summed E-state index contributed by atoms with van der Waals surface area (Å²) in [5.74, 6) is 0.864. The quantitative estimate of drug-likeness (QED) is 0.698. The van der Waals surface area contributed by atoms with Crippen molar-refractivity contribution in [2.24, 2.45) is 0 Å². The van der Waals surface area contributed by atoms with E-state index in [0.717, 1.165) is 27.7 Å². The van der Waals surface area contributed by atoms with Crippen LogP contribution in [-0.4, -0.2) is 13.7 Å². The van der Waals surface area contributed by atoms with Gasteiger partial charge in [-0.3, -0.25) is 0 Å². The van der Waals surface area contributed by atoms with Crippen molar-refractivity contribution in [2.45, 2.75) is 19.4 Å². The summed E-state index contributed by atoms with van der Waals surface area (Å²) < 4.78 is 7.44. The van der Waals surface area contributed by atoms with Gasteiger partial charge in [0, 0.05) is 27.2 Å². The van der Waals surface area contributed by atoms with E-state index in [4.69, 9.17) is 4.74 Å². The molecule has 108 valence electrons. The second kappa shape index (κ2) is 7.59. The van der Waals surface area contributed by atoms with Crippen LogP contribution in [0.1, 0.15) is 23.4 Å². The number of rotatable bonds is 6. The molecule has 0 spiro atoms. The van der Waals surface area contributed by atoms with Gasteiger partial charge in [-0.25, -0.2) is 0 Å². The van der Waals surface area contributed by atoms with Crippen molar-refractivity contribution in [2.75, 3.05) is 13.7 Å². The molecule has 0 amide bonds. The third-order valence-electron chi connectivity index (χ3n) is 3.06. The third kappa shape index (κ3) is 4.07. The van der Waals surface area contributed by atoms with E-state index in [0.29, 0.717) is 6.04 Å². The minimum absolute atomic E-state index is 0.313. The Labute approximate surface area is 140 Å². The van der Waals surface area contributed by atoms with E-state index in [1.165, 1.54) is 10.4 Å². The van der Waals surface area contributed by atoms with Crippen molar-refractivity contribution >= 4 is 43.2 Å². The van der Waals surface area contributed by atoms with E-state index in [2.05, 4.69) is 67.7 Å². The summed E-state index contributed by atoms with van der Waals surface area (Å²) in [7, 11) is 1.69. The van der Waals surface area contributed by atoms with Crippen molar-refractivity contribution in [3.63, 3.8) is 0 Å². The molecule has 1 unspecified atom stereocenters. The van der Waals surface area contributed by atoms with Crippen LogP contribution in [0.2, 0.25) is 0 Å². The Morgan fingerprint density at radius 3 is 2.65 bits per heavy atom. The highest BCUT2D eigenvalue weighted by Crippen LogP contribution is 2.30. The van der Waals surface area contributed by atoms with Gasteiger partial charge < -0.3 is 10.1 Å². The number of likely N-dealkylation sites (N-methyl/N-ethyl adjacent to an activating group) is 1. The van der Waals surface area contributed by atoms with E-state index in [1.54, 1.807) is 18.4 Å². The fraction of sp³-hybridized carbons (Fsp3) is 0.333. The lowest BCUT2D eigenvalue weighted by Gasteiger charge is -2.18. The first kappa shape index (κ1) is 16.0. The molecule has 5 heteroatoms. The third-order valence-corrected chi connectivity index (χ3v) is 5.40. The minimum Gasteiger partial charge on any atom is -0.496 e. The van der Waals surface area contributed by atoms with E-state index >= 15 is 0 Å². The monoisotopic (exact) mass is 417 g/mol. The molecule has 0 aliphatic carbocycles. The van der Waals surface area contributed by atoms with E-state index in [1.807, 2.05) is 6.07 Å². The fourth-order valence-electron chi connectivity index (χ4n) is 2.12. The number of methoxy groups -OCH3 is 1. The van der Waals surface area contributed by atoms with Crippen LogP contribution in [0.3, 0.4) is 0 Å². The molecule has 20 heavy (non-hydrogen) atoms. The van der Waals surface area contributed by atoms with Crippen LogP contribution in [0, 0.1) is 0 Å². The van der Waals surface area contributed by atoms with Gasteiger partial charge in [-0.1, -0.05) is 13.0 Å². The minimum atomic E-state index is 0.313. The fourth-order valence-corrected chi connectivity index (χ4v) is 4.17. The Balaban J connectivity index is 2.21. The highest BCUT2D eigenvalue weighted by Gasteiger charge is 2.14. The summed E-state index contributed by atoms with van der Waals surface area (Å²) in [4.78, 5) is 1.37. The summed E-state index contributed by atoms with van der Waals surface area (Å²) in [6, 6.07) is 8.77. The average molecular weight is 419 g/mol. The maximum atomic E-state index is 5.29. The Morgan fingerprint density at radius 1 is 1.30 bits per heavy atom. The number of ether oxygens (including phenoxy) is 1. The zero-order valence-corrected chi connectivity index (χ0v) is 15.4. The van der Waals surface area contributed by atoms with E-state index < -0.39 is 0 Å². The van der Waals surface area contributed by atoms with Gasteiger partial charge >= 0.3 is 0 Å². The number of nitrogens with one attached hydrogen (secondary N) is 1. The molecule has 0 bridgehead atoms. The van der Waals surface area contributed by atoms with Crippen LogP contribution in [0.25, 0.3) is 0 Å². The molecule has 0 aliphatic heterocycles. The summed E-state index contributed by atoms with van der Waals surface area (Å²) in [5.41, 5.74) is 1.27. The largest absolute Gasteiger partial charge is 0.496 e. The molecule has 1 aromatic carbocycles. The molecule has 2 aromatic rings. The first-order chi connectivity index (χ1) is 9.63. The topological polar surface area (TPSA) is 21.3 Å². The van der Waals surface area contributed by atoms with Gasteiger partial charge in [-0.05, 0) is 62.2 Å². The van der Waals surface area contributed by atoms with E-state index in [-0.39, 0.29) is 0 Å². The summed E-state index contributed by atoms with van der Waals surface area (Å²) in [6.45, 7) is 3.08. The lowest BCUT2D eigenvalue weighted by atomic mass is 10.0. The predicted octanol–water partition coefficient (Wildman–Crippen LogP) is 5.18. The van der Waals surface area contributed by atoms with Crippen molar-refractivity contribution < 1.29 is 4.74 Å². The molecular weight excluding hydrogens is 402 g/mol. The SMILES string of the molecule is CCNC(Cc1cc(Br)cs1)c1ccc(OC)c(Br)c1. The lowest BCUT2D eigenvalue weighted by Crippen LogP contribution is -2.22. The number of thiophene rings is 1. The molecule has 0 saturated carbocycles. The van der Waals surface area contributed by atoms with Gasteiger partial charge in [0.05, 0.1) is 11.6 Å². The molecule has 2 rings (SSSR count). The van der Waals surface area contributed by atoms with Crippen molar-refractivity contribution in [3.8, 4) is 5.75 Å². The summed E-state index contributed by atoms with van der Waals surface area (Å²) in [6.07, 6.45) is 0.989. The maximum Gasteiger partial charge on any atom is 0.133 e. The van der Waals surface area contributed by atoms with Gasteiger partial charge in [-0.2, -0.15) is 0 Å². The average Bonchev–Trinajstić information content (AvgIpc) is 2.83. The van der Waals surface area contributed by atoms with E-state index in [9.17, 15) is 0 Å². The predicted molar refractivity (Wildman–Crippen MR) is 92.8 cm³/mol. The molecular formula is C15H17Br2NOS. The second-order valence-electron chi connectivity index (χ2n) is 4.44. The molecule has 2 nitrogen and oxygen atoms in total. The van der Waals surface area contributed by atoms with Crippen LogP contribution in [0.5, 0.6) is 5.75 Å². The van der Waals surface area contributed by atoms with Crippen molar-refractivity contribution in [1.82, 2.24) is 5.32 Å². The molecule has 1 atom stereocenters. The number of hydrogen-bond donors (Lipinski definition) is 1. The summed E-state index contributed by atoms with van der Waals surface area (Å²) in [5, 5.41) is 5.68. The smallest absolute Gasteiger partial charge is 0.133 e. The van der Waals surface area contributed by atoms with Crippen LogP contribution in [0.4, 0.5) is 0 Å². The highest BCUT2D eigenvalue weighted by atomic mass is 79.9.